The lowest BCUT2D eigenvalue weighted by Gasteiger charge is -2.18. The Hall–Kier alpha value is -0.860. The largest absolute Gasteiger partial charge is 0.388 e. The topological polar surface area (TPSA) is 46.2 Å². The molecular weight excluding hydrogens is 162 g/mol. The number of hydrogen-bond acceptors (Lipinski definition) is 2. The van der Waals surface area contributed by atoms with E-state index >= 15 is 0 Å². The van der Waals surface area contributed by atoms with Gasteiger partial charge >= 0.3 is 0 Å². The van der Waals surface area contributed by atoms with Crippen LogP contribution in [0.15, 0.2) is 30.3 Å². The fourth-order valence-corrected chi connectivity index (χ4v) is 1.40. The van der Waals surface area contributed by atoms with Gasteiger partial charge in [-0.25, -0.2) is 0 Å². The van der Waals surface area contributed by atoms with Gasteiger partial charge in [-0.15, -0.1) is 0 Å². The van der Waals surface area contributed by atoms with Crippen LogP contribution in [0.2, 0.25) is 0 Å². The third-order valence-electron chi connectivity index (χ3n) is 2.30. The van der Waals surface area contributed by atoms with Crippen molar-refractivity contribution in [3.05, 3.63) is 35.9 Å². The molecule has 0 aliphatic heterocycles. The summed E-state index contributed by atoms with van der Waals surface area (Å²) in [4.78, 5) is 0. The zero-order chi connectivity index (χ0) is 9.68. The van der Waals surface area contributed by atoms with Gasteiger partial charge in [0.1, 0.15) is 0 Å². The molecule has 0 heterocycles. The molecule has 0 radical (unpaired) electrons. The molecule has 0 aliphatic carbocycles. The van der Waals surface area contributed by atoms with E-state index in [9.17, 15) is 5.11 Å². The van der Waals surface area contributed by atoms with E-state index in [0.29, 0.717) is 6.54 Å². The number of aliphatic hydroxyl groups is 1. The van der Waals surface area contributed by atoms with Crippen molar-refractivity contribution < 1.29 is 5.11 Å². The van der Waals surface area contributed by atoms with E-state index in [0.717, 1.165) is 12.0 Å². The SMILES string of the molecule is CC(CCN)C(O)c1ccccc1. The highest BCUT2D eigenvalue weighted by atomic mass is 16.3. The Morgan fingerprint density at radius 1 is 1.31 bits per heavy atom. The van der Waals surface area contributed by atoms with E-state index in [1.165, 1.54) is 0 Å². The molecular formula is C11H17NO. The number of aliphatic hydroxyl groups excluding tert-OH is 1. The molecule has 3 N–H and O–H groups in total. The molecule has 72 valence electrons. The molecule has 1 aromatic rings. The Balaban J connectivity index is 2.62. The summed E-state index contributed by atoms with van der Waals surface area (Å²) >= 11 is 0. The summed E-state index contributed by atoms with van der Waals surface area (Å²) < 4.78 is 0. The molecule has 2 atom stereocenters. The zero-order valence-electron chi connectivity index (χ0n) is 7.98. The van der Waals surface area contributed by atoms with E-state index in [1.807, 2.05) is 37.3 Å². The van der Waals surface area contributed by atoms with E-state index < -0.39 is 0 Å². The molecule has 0 saturated heterocycles. The van der Waals surface area contributed by atoms with Gasteiger partial charge < -0.3 is 10.8 Å². The maximum atomic E-state index is 9.86. The molecule has 2 nitrogen and oxygen atoms in total. The van der Waals surface area contributed by atoms with Gasteiger partial charge in [-0.2, -0.15) is 0 Å². The molecule has 0 bridgehead atoms. The van der Waals surface area contributed by atoms with Crippen LogP contribution in [0.25, 0.3) is 0 Å². The summed E-state index contributed by atoms with van der Waals surface area (Å²) in [6.07, 6.45) is 0.473. The molecule has 13 heavy (non-hydrogen) atoms. The zero-order valence-corrected chi connectivity index (χ0v) is 7.98. The second kappa shape index (κ2) is 5.00. The van der Waals surface area contributed by atoms with Crippen LogP contribution in [0, 0.1) is 5.92 Å². The number of benzene rings is 1. The van der Waals surface area contributed by atoms with Gasteiger partial charge in [0.25, 0.3) is 0 Å². The average molecular weight is 179 g/mol. The van der Waals surface area contributed by atoms with E-state index in [1.54, 1.807) is 0 Å². The molecule has 0 aliphatic rings. The van der Waals surface area contributed by atoms with Crippen molar-refractivity contribution in [3.63, 3.8) is 0 Å². The number of hydrogen-bond donors (Lipinski definition) is 2. The van der Waals surface area contributed by atoms with Crippen LogP contribution in [0.3, 0.4) is 0 Å². The first-order chi connectivity index (χ1) is 6.25. The van der Waals surface area contributed by atoms with Gasteiger partial charge in [-0.05, 0) is 24.4 Å². The van der Waals surface area contributed by atoms with E-state index in [4.69, 9.17) is 5.73 Å². The minimum Gasteiger partial charge on any atom is -0.388 e. The Labute approximate surface area is 79.4 Å². The lowest BCUT2D eigenvalue weighted by Crippen LogP contribution is -2.13. The van der Waals surface area contributed by atoms with Gasteiger partial charge in [-0.1, -0.05) is 37.3 Å². The summed E-state index contributed by atoms with van der Waals surface area (Å²) in [6.45, 7) is 2.65. The van der Waals surface area contributed by atoms with Gasteiger partial charge in [0.05, 0.1) is 6.10 Å². The molecule has 0 spiro atoms. The standard InChI is InChI=1S/C11H17NO/c1-9(7-8-12)11(13)10-5-3-2-4-6-10/h2-6,9,11,13H,7-8,12H2,1H3. The highest BCUT2D eigenvalue weighted by Crippen LogP contribution is 2.23. The third kappa shape index (κ3) is 2.83. The third-order valence-corrected chi connectivity index (χ3v) is 2.30. The van der Waals surface area contributed by atoms with Crippen LogP contribution >= 0.6 is 0 Å². The smallest absolute Gasteiger partial charge is 0.0816 e. The van der Waals surface area contributed by atoms with Gasteiger partial charge in [0, 0.05) is 0 Å². The maximum Gasteiger partial charge on any atom is 0.0816 e. The van der Waals surface area contributed by atoms with Crippen molar-refractivity contribution in [2.45, 2.75) is 19.4 Å². The summed E-state index contributed by atoms with van der Waals surface area (Å²) in [6, 6.07) is 9.71. The van der Waals surface area contributed by atoms with E-state index in [-0.39, 0.29) is 12.0 Å². The summed E-state index contributed by atoms with van der Waals surface area (Å²) in [5.41, 5.74) is 6.41. The lowest BCUT2D eigenvalue weighted by atomic mass is 9.95. The maximum absolute atomic E-state index is 9.86. The van der Waals surface area contributed by atoms with Crippen LogP contribution in [0.5, 0.6) is 0 Å². The highest BCUT2D eigenvalue weighted by molar-refractivity contribution is 5.17. The molecule has 0 saturated carbocycles. The van der Waals surface area contributed by atoms with Crippen molar-refractivity contribution in [1.82, 2.24) is 0 Å². The monoisotopic (exact) mass is 179 g/mol. The van der Waals surface area contributed by atoms with E-state index in [2.05, 4.69) is 0 Å². The Morgan fingerprint density at radius 3 is 2.46 bits per heavy atom. The normalized spacial score (nSPS) is 15.3. The van der Waals surface area contributed by atoms with Crippen LogP contribution in [-0.4, -0.2) is 11.7 Å². The first kappa shape index (κ1) is 10.2. The van der Waals surface area contributed by atoms with Gasteiger partial charge in [-0.3, -0.25) is 0 Å². The Morgan fingerprint density at radius 2 is 1.92 bits per heavy atom. The molecule has 0 fully saturated rings. The Bertz CT molecular complexity index is 235. The molecule has 1 aromatic carbocycles. The first-order valence-corrected chi connectivity index (χ1v) is 4.68. The molecule has 1 rings (SSSR count). The summed E-state index contributed by atoms with van der Waals surface area (Å²) in [7, 11) is 0. The average Bonchev–Trinajstić information content (AvgIpc) is 2.18. The van der Waals surface area contributed by atoms with Gasteiger partial charge in [0.2, 0.25) is 0 Å². The van der Waals surface area contributed by atoms with Crippen molar-refractivity contribution in [2.75, 3.05) is 6.54 Å². The van der Waals surface area contributed by atoms with Crippen molar-refractivity contribution >= 4 is 0 Å². The second-order valence-electron chi connectivity index (χ2n) is 3.41. The van der Waals surface area contributed by atoms with Crippen molar-refractivity contribution in [1.29, 1.82) is 0 Å². The minimum absolute atomic E-state index is 0.229. The highest BCUT2D eigenvalue weighted by Gasteiger charge is 2.14. The molecule has 0 aromatic heterocycles. The fourth-order valence-electron chi connectivity index (χ4n) is 1.40. The lowest BCUT2D eigenvalue weighted by molar-refractivity contribution is 0.114. The summed E-state index contributed by atoms with van der Waals surface area (Å²) in [5.74, 6) is 0.229. The minimum atomic E-state index is -0.384. The van der Waals surface area contributed by atoms with Crippen LogP contribution < -0.4 is 5.73 Å². The predicted octanol–water partition coefficient (Wildman–Crippen LogP) is 1.70. The van der Waals surface area contributed by atoms with Crippen molar-refractivity contribution in [3.8, 4) is 0 Å². The second-order valence-corrected chi connectivity index (χ2v) is 3.41. The van der Waals surface area contributed by atoms with Crippen LogP contribution in [0.4, 0.5) is 0 Å². The van der Waals surface area contributed by atoms with Crippen LogP contribution in [-0.2, 0) is 0 Å². The predicted molar refractivity (Wildman–Crippen MR) is 54.2 cm³/mol. The summed E-state index contributed by atoms with van der Waals surface area (Å²) in [5, 5.41) is 9.86. The number of rotatable bonds is 4. The van der Waals surface area contributed by atoms with Crippen molar-refractivity contribution in [2.24, 2.45) is 11.7 Å². The Kier molecular flexibility index (Phi) is 3.93. The number of nitrogens with two attached hydrogens (primary N) is 1. The van der Waals surface area contributed by atoms with Crippen LogP contribution in [0.1, 0.15) is 25.0 Å². The van der Waals surface area contributed by atoms with Gasteiger partial charge in [0.15, 0.2) is 0 Å². The quantitative estimate of drug-likeness (QED) is 0.739. The molecule has 0 amide bonds. The fraction of sp³-hybridized carbons (Fsp3) is 0.455. The first-order valence-electron chi connectivity index (χ1n) is 4.68. The molecule has 2 unspecified atom stereocenters. The molecule has 2 heteroatoms.